The number of pyridine rings is 1. The molecular formula is C13H24N2O2. The van der Waals surface area contributed by atoms with Gasteiger partial charge in [-0.25, -0.2) is 0 Å². The van der Waals surface area contributed by atoms with E-state index in [1.807, 2.05) is 20.8 Å². The van der Waals surface area contributed by atoms with Crippen LogP contribution in [0, 0.1) is 20.8 Å². The highest BCUT2D eigenvalue weighted by atomic mass is 16.2. The SMILES string of the molecule is CCN(C)Cc1c(C)[nH]c(=O)c(C)c1C.CO. The van der Waals surface area contributed by atoms with E-state index in [1.54, 1.807) is 0 Å². The van der Waals surface area contributed by atoms with Gasteiger partial charge >= 0.3 is 0 Å². The Bertz CT molecular complexity index is 411. The van der Waals surface area contributed by atoms with E-state index in [1.165, 1.54) is 5.56 Å². The van der Waals surface area contributed by atoms with Crippen LogP contribution in [0.25, 0.3) is 0 Å². The number of aliphatic hydroxyl groups excluding tert-OH is 1. The van der Waals surface area contributed by atoms with Crippen molar-refractivity contribution in [3.05, 3.63) is 32.7 Å². The van der Waals surface area contributed by atoms with Gasteiger partial charge in [-0.3, -0.25) is 4.79 Å². The monoisotopic (exact) mass is 240 g/mol. The van der Waals surface area contributed by atoms with Gasteiger partial charge in [0, 0.05) is 24.9 Å². The maximum atomic E-state index is 11.5. The Morgan fingerprint density at radius 1 is 1.18 bits per heavy atom. The van der Waals surface area contributed by atoms with Crippen LogP contribution in [0.3, 0.4) is 0 Å². The van der Waals surface area contributed by atoms with Crippen molar-refractivity contribution in [1.29, 1.82) is 0 Å². The van der Waals surface area contributed by atoms with Crippen LogP contribution in [0.2, 0.25) is 0 Å². The fraction of sp³-hybridized carbons (Fsp3) is 0.615. The molecule has 2 N–H and O–H groups in total. The maximum absolute atomic E-state index is 11.5. The molecule has 0 spiro atoms. The molecule has 98 valence electrons. The predicted octanol–water partition coefficient (Wildman–Crippen LogP) is 1.36. The fourth-order valence-corrected chi connectivity index (χ4v) is 1.64. The molecule has 0 aliphatic carbocycles. The first-order valence-corrected chi connectivity index (χ1v) is 5.79. The summed E-state index contributed by atoms with van der Waals surface area (Å²) in [7, 11) is 3.08. The number of aryl methyl sites for hydroxylation is 1. The molecule has 4 heteroatoms. The summed E-state index contributed by atoms with van der Waals surface area (Å²) in [4.78, 5) is 16.6. The normalized spacial score (nSPS) is 10.1. The highest BCUT2D eigenvalue weighted by Gasteiger charge is 2.09. The van der Waals surface area contributed by atoms with Crippen molar-refractivity contribution in [2.24, 2.45) is 0 Å². The van der Waals surface area contributed by atoms with Crippen molar-refractivity contribution in [3.63, 3.8) is 0 Å². The minimum Gasteiger partial charge on any atom is -0.400 e. The number of aromatic nitrogens is 1. The third-order valence-electron chi connectivity index (χ3n) is 3.08. The van der Waals surface area contributed by atoms with Gasteiger partial charge in [0.1, 0.15) is 0 Å². The second-order valence-electron chi connectivity index (χ2n) is 4.14. The van der Waals surface area contributed by atoms with Gasteiger partial charge < -0.3 is 15.0 Å². The third kappa shape index (κ3) is 3.98. The van der Waals surface area contributed by atoms with Crippen LogP contribution in [-0.2, 0) is 6.54 Å². The summed E-state index contributed by atoms with van der Waals surface area (Å²) >= 11 is 0. The highest BCUT2D eigenvalue weighted by molar-refractivity contribution is 5.34. The summed E-state index contributed by atoms with van der Waals surface area (Å²) in [6, 6.07) is 0. The van der Waals surface area contributed by atoms with Gasteiger partial charge in [0.2, 0.25) is 0 Å². The minimum absolute atomic E-state index is 0.0351. The Hall–Kier alpha value is -1.13. The van der Waals surface area contributed by atoms with E-state index >= 15 is 0 Å². The number of rotatable bonds is 3. The number of H-pyrrole nitrogens is 1. The highest BCUT2D eigenvalue weighted by Crippen LogP contribution is 2.14. The van der Waals surface area contributed by atoms with Gasteiger partial charge in [-0.15, -0.1) is 0 Å². The van der Waals surface area contributed by atoms with Gasteiger partial charge in [-0.05, 0) is 45.5 Å². The maximum Gasteiger partial charge on any atom is 0.251 e. The van der Waals surface area contributed by atoms with Crippen molar-refractivity contribution < 1.29 is 5.11 Å². The summed E-state index contributed by atoms with van der Waals surface area (Å²) in [5, 5.41) is 7.00. The van der Waals surface area contributed by atoms with Crippen LogP contribution >= 0.6 is 0 Å². The average molecular weight is 240 g/mol. The van der Waals surface area contributed by atoms with Crippen LogP contribution in [0.15, 0.2) is 4.79 Å². The molecule has 0 fully saturated rings. The van der Waals surface area contributed by atoms with Crippen LogP contribution < -0.4 is 5.56 Å². The Kier molecular flexibility index (Phi) is 6.76. The zero-order chi connectivity index (χ0) is 13.6. The lowest BCUT2D eigenvalue weighted by Crippen LogP contribution is -2.22. The first-order chi connectivity index (χ1) is 7.97. The molecule has 17 heavy (non-hydrogen) atoms. The smallest absolute Gasteiger partial charge is 0.251 e. The lowest BCUT2D eigenvalue weighted by molar-refractivity contribution is 0.343. The van der Waals surface area contributed by atoms with Crippen molar-refractivity contribution in [2.45, 2.75) is 34.2 Å². The Labute approximate surface area is 103 Å². The van der Waals surface area contributed by atoms with E-state index in [2.05, 4.69) is 23.9 Å². The van der Waals surface area contributed by atoms with Crippen LogP contribution in [-0.4, -0.2) is 35.7 Å². The van der Waals surface area contributed by atoms with E-state index in [9.17, 15) is 4.79 Å². The molecule has 0 atom stereocenters. The van der Waals surface area contributed by atoms with Crippen LogP contribution in [0.1, 0.15) is 29.3 Å². The molecule has 1 heterocycles. The van der Waals surface area contributed by atoms with Gasteiger partial charge in [0.15, 0.2) is 0 Å². The summed E-state index contributed by atoms with van der Waals surface area (Å²) in [6.45, 7) is 9.90. The van der Waals surface area contributed by atoms with Gasteiger partial charge in [-0.1, -0.05) is 6.92 Å². The Morgan fingerprint density at radius 2 is 1.71 bits per heavy atom. The minimum atomic E-state index is 0.0351. The number of aromatic amines is 1. The molecule has 1 aromatic rings. The summed E-state index contributed by atoms with van der Waals surface area (Å²) in [6.07, 6.45) is 0. The molecule has 1 rings (SSSR count). The van der Waals surface area contributed by atoms with Gasteiger partial charge in [0.25, 0.3) is 5.56 Å². The van der Waals surface area contributed by atoms with E-state index in [0.29, 0.717) is 0 Å². The first kappa shape index (κ1) is 15.9. The van der Waals surface area contributed by atoms with E-state index < -0.39 is 0 Å². The standard InChI is InChI=1S/C12H20N2O.CH4O/c1-6-14(5)7-11-8(2)9(3)12(15)13-10(11)4;1-2/h6-7H2,1-5H3,(H,13,15);2H,1H3. The fourth-order valence-electron chi connectivity index (χ4n) is 1.64. The zero-order valence-corrected chi connectivity index (χ0v) is 11.7. The largest absolute Gasteiger partial charge is 0.400 e. The molecule has 0 saturated carbocycles. The van der Waals surface area contributed by atoms with E-state index in [-0.39, 0.29) is 5.56 Å². The molecule has 1 aromatic heterocycles. The number of aliphatic hydroxyl groups is 1. The molecule has 0 aliphatic rings. The Morgan fingerprint density at radius 3 is 2.18 bits per heavy atom. The predicted molar refractivity (Wildman–Crippen MR) is 71.4 cm³/mol. The molecule has 0 saturated heterocycles. The number of nitrogens with one attached hydrogen (secondary N) is 1. The van der Waals surface area contributed by atoms with Gasteiger partial charge in [0.05, 0.1) is 0 Å². The molecule has 4 nitrogen and oxygen atoms in total. The quantitative estimate of drug-likeness (QED) is 0.838. The molecule has 0 aromatic carbocycles. The van der Waals surface area contributed by atoms with E-state index in [4.69, 9.17) is 5.11 Å². The third-order valence-corrected chi connectivity index (χ3v) is 3.08. The summed E-state index contributed by atoms with van der Waals surface area (Å²) in [5.74, 6) is 0. The number of nitrogens with zero attached hydrogens (tertiary/aromatic N) is 1. The van der Waals surface area contributed by atoms with Crippen molar-refractivity contribution in [1.82, 2.24) is 9.88 Å². The van der Waals surface area contributed by atoms with Crippen molar-refractivity contribution in [2.75, 3.05) is 20.7 Å². The average Bonchev–Trinajstić information content (AvgIpc) is 2.34. The topological polar surface area (TPSA) is 56.3 Å². The molecule has 0 amide bonds. The number of hydrogen-bond acceptors (Lipinski definition) is 3. The van der Waals surface area contributed by atoms with Crippen LogP contribution in [0.4, 0.5) is 0 Å². The van der Waals surface area contributed by atoms with E-state index in [0.717, 1.165) is 37.0 Å². The molecule has 0 unspecified atom stereocenters. The number of hydrogen-bond donors (Lipinski definition) is 2. The lowest BCUT2D eigenvalue weighted by Gasteiger charge is -2.18. The first-order valence-electron chi connectivity index (χ1n) is 5.79. The van der Waals surface area contributed by atoms with Crippen LogP contribution in [0.5, 0.6) is 0 Å². The summed E-state index contributed by atoms with van der Waals surface area (Å²) < 4.78 is 0. The second kappa shape index (κ2) is 7.25. The molecule has 0 bridgehead atoms. The second-order valence-corrected chi connectivity index (χ2v) is 4.14. The summed E-state index contributed by atoms with van der Waals surface area (Å²) in [5.41, 5.74) is 4.23. The molecule has 0 aliphatic heterocycles. The lowest BCUT2D eigenvalue weighted by atomic mass is 10.0. The molecule has 0 radical (unpaired) electrons. The molecular weight excluding hydrogens is 216 g/mol. The van der Waals surface area contributed by atoms with Crippen molar-refractivity contribution in [3.8, 4) is 0 Å². The van der Waals surface area contributed by atoms with Gasteiger partial charge in [-0.2, -0.15) is 0 Å². The Balaban J connectivity index is 0.00000121. The van der Waals surface area contributed by atoms with Crippen molar-refractivity contribution >= 4 is 0 Å². The zero-order valence-electron chi connectivity index (χ0n) is 11.7.